The Morgan fingerprint density at radius 2 is 1.80 bits per heavy atom. The Labute approximate surface area is 146 Å². The lowest BCUT2D eigenvalue weighted by molar-refractivity contribution is -0.155. The topological polar surface area (TPSA) is 62.7 Å². The Morgan fingerprint density at radius 3 is 2.44 bits per heavy atom. The van der Waals surface area contributed by atoms with Gasteiger partial charge in [0.2, 0.25) is 5.91 Å². The number of piperazine rings is 1. The summed E-state index contributed by atoms with van der Waals surface area (Å²) in [6, 6.07) is 14.6. The van der Waals surface area contributed by atoms with E-state index in [0.29, 0.717) is 25.6 Å². The van der Waals surface area contributed by atoms with Gasteiger partial charge in [0.15, 0.2) is 0 Å². The Bertz CT molecular complexity index is 762. The van der Waals surface area contributed by atoms with Gasteiger partial charge in [-0.1, -0.05) is 36.4 Å². The van der Waals surface area contributed by atoms with Gasteiger partial charge in [-0.2, -0.15) is 0 Å². The fourth-order valence-electron chi connectivity index (χ4n) is 3.32. The lowest BCUT2D eigenvalue weighted by Gasteiger charge is -2.45. The van der Waals surface area contributed by atoms with Crippen LogP contribution in [0.2, 0.25) is 0 Å². The molecule has 1 aromatic heterocycles. The molecule has 4 rings (SSSR count). The number of amides is 2. The Kier molecular flexibility index (Phi) is 4.19. The molecule has 0 radical (unpaired) electrons. The molecule has 0 saturated carbocycles. The quantitative estimate of drug-likeness (QED) is 0.848. The molecule has 0 aliphatic carbocycles. The van der Waals surface area contributed by atoms with E-state index in [2.05, 4.69) is 4.98 Å². The van der Waals surface area contributed by atoms with E-state index in [1.54, 1.807) is 23.2 Å². The van der Waals surface area contributed by atoms with Gasteiger partial charge >= 0.3 is 0 Å². The van der Waals surface area contributed by atoms with Gasteiger partial charge < -0.3 is 9.64 Å². The highest BCUT2D eigenvalue weighted by molar-refractivity contribution is 6.06. The SMILES string of the molecule is O=C1[C@H](C2COC2)N(Cc2ccccc2)C(=O)CN1c1ccccn1. The van der Waals surface area contributed by atoms with E-state index in [-0.39, 0.29) is 24.3 Å². The van der Waals surface area contributed by atoms with Crippen LogP contribution in [0, 0.1) is 5.92 Å². The lowest BCUT2D eigenvalue weighted by atomic mass is 9.92. The van der Waals surface area contributed by atoms with E-state index in [1.165, 1.54) is 4.90 Å². The summed E-state index contributed by atoms with van der Waals surface area (Å²) < 4.78 is 5.29. The second-order valence-electron chi connectivity index (χ2n) is 6.36. The number of nitrogens with zero attached hydrogens (tertiary/aromatic N) is 3. The van der Waals surface area contributed by atoms with E-state index in [9.17, 15) is 9.59 Å². The van der Waals surface area contributed by atoms with Crippen molar-refractivity contribution in [3.05, 3.63) is 60.3 Å². The van der Waals surface area contributed by atoms with Crippen molar-refractivity contribution in [2.45, 2.75) is 12.6 Å². The van der Waals surface area contributed by atoms with Crippen LogP contribution in [0.25, 0.3) is 0 Å². The zero-order valence-electron chi connectivity index (χ0n) is 13.7. The highest BCUT2D eigenvalue weighted by Gasteiger charge is 2.46. The van der Waals surface area contributed by atoms with Gasteiger partial charge in [0.1, 0.15) is 18.4 Å². The molecule has 2 aromatic rings. The summed E-state index contributed by atoms with van der Waals surface area (Å²) in [5.74, 6) is 0.408. The van der Waals surface area contributed by atoms with Crippen LogP contribution in [-0.2, 0) is 20.9 Å². The number of pyridine rings is 1. The van der Waals surface area contributed by atoms with Gasteiger partial charge in [-0.05, 0) is 17.7 Å². The predicted octanol–water partition coefficient (Wildman–Crippen LogP) is 1.47. The minimum Gasteiger partial charge on any atom is -0.380 e. The van der Waals surface area contributed by atoms with Crippen molar-refractivity contribution in [1.82, 2.24) is 9.88 Å². The Morgan fingerprint density at radius 1 is 1.04 bits per heavy atom. The molecule has 3 heterocycles. The third-order valence-corrected chi connectivity index (χ3v) is 4.70. The third-order valence-electron chi connectivity index (χ3n) is 4.70. The third kappa shape index (κ3) is 3.00. The predicted molar refractivity (Wildman–Crippen MR) is 91.7 cm³/mol. The van der Waals surface area contributed by atoms with E-state index in [0.717, 1.165) is 5.56 Å². The summed E-state index contributed by atoms with van der Waals surface area (Å²) in [4.78, 5) is 33.4. The van der Waals surface area contributed by atoms with Gasteiger partial charge in [-0.25, -0.2) is 4.98 Å². The van der Waals surface area contributed by atoms with Crippen molar-refractivity contribution in [1.29, 1.82) is 0 Å². The number of benzene rings is 1. The number of ether oxygens (including phenoxy) is 1. The highest BCUT2D eigenvalue weighted by atomic mass is 16.5. The van der Waals surface area contributed by atoms with Crippen molar-refractivity contribution >= 4 is 17.6 Å². The molecule has 0 bridgehead atoms. The second kappa shape index (κ2) is 6.64. The second-order valence-corrected chi connectivity index (χ2v) is 6.36. The van der Waals surface area contributed by atoms with Crippen LogP contribution in [0.1, 0.15) is 5.56 Å². The number of rotatable bonds is 4. The molecule has 0 spiro atoms. The van der Waals surface area contributed by atoms with Crippen LogP contribution in [0.3, 0.4) is 0 Å². The minimum atomic E-state index is -0.503. The molecule has 1 atom stereocenters. The number of hydrogen-bond acceptors (Lipinski definition) is 4. The highest BCUT2D eigenvalue weighted by Crippen LogP contribution is 2.28. The summed E-state index contributed by atoms with van der Waals surface area (Å²) in [5.41, 5.74) is 1.01. The number of anilines is 1. The first-order valence-corrected chi connectivity index (χ1v) is 8.37. The Hall–Kier alpha value is -2.73. The largest absolute Gasteiger partial charge is 0.380 e. The first kappa shape index (κ1) is 15.8. The monoisotopic (exact) mass is 337 g/mol. The maximum Gasteiger partial charge on any atom is 0.251 e. The van der Waals surface area contributed by atoms with Gasteiger partial charge in [-0.3, -0.25) is 14.5 Å². The average molecular weight is 337 g/mol. The Balaban J connectivity index is 1.64. The number of carbonyl (C=O) groups excluding carboxylic acids is 2. The average Bonchev–Trinajstić information content (AvgIpc) is 2.61. The van der Waals surface area contributed by atoms with Gasteiger partial charge in [-0.15, -0.1) is 0 Å². The molecule has 6 heteroatoms. The molecule has 0 unspecified atom stereocenters. The zero-order valence-corrected chi connectivity index (χ0v) is 13.7. The van der Waals surface area contributed by atoms with Crippen molar-refractivity contribution < 1.29 is 14.3 Å². The van der Waals surface area contributed by atoms with E-state index < -0.39 is 6.04 Å². The van der Waals surface area contributed by atoms with Crippen LogP contribution in [-0.4, -0.2) is 47.5 Å². The summed E-state index contributed by atoms with van der Waals surface area (Å²) >= 11 is 0. The van der Waals surface area contributed by atoms with E-state index in [1.807, 2.05) is 36.4 Å². The number of carbonyl (C=O) groups is 2. The maximum atomic E-state index is 13.1. The van der Waals surface area contributed by atoms with Crippen molar-refractivity contribution in [2.75, 3.05) is 24.7 Å². The fraction of sp³-hybridized carbons (Fsp3) is 0.316. The first-order valence-electron chi connectivity index (χ1n) is 8.37. The van der Waals surface area contributed by atoms with Crippen LogP contribution in [0.4, 0.5) is 5.82 Å². The minimum absolute atomic E-state index is 0.0206. The fourth-order valence-corrected chi connectivity index (χ4v) is 3.32. The van der Waals surface area contributed by atoms with Gasteiger partial charge in [0.25, 0.3) is 5.91 Å². The smallest absolute Gasteiger partial charge is 0.251 e. The number of aromatic nitrogens is 1. The van der Waals surface area contributed by atoms with Crippen molar-refractivity contribution in [3.8, 4) is 0 Å². The van der Waals surface area contributed by atoms with Crippen molar-refractivity contribution in [3.63, 3.8) is 0 Å². The van der Waals surface area contributed by atoms with Crippen LogP contribution < -0.4 is 4.90 Å². The molecule has 2 saturated heterocycles. The first-order chi connectivity index (χ1) is 12.2. The maximum absolute atomic E-state index is 13.1. The molecule has 2 aliphatic heterocycles. The van der Waals surface area contributed by atoms with Crippen LogP contribution >= 0.6 is 0 Å². The summed E-state index contributed by atoms with van der Waals surface area (Å²) in [6.07, 6.45) is 1.63. The van der Waals surface area contributed by atoms with Crippen molar-refractivity contribution in [2.24, 2.45) is 5.92 Å². The molecule has 2 fully saturated rings. The number of hydrogen-bond donors (Lipinski definition) is 0. The summed E-state index contributed by atoms with van der Waals surface area (Å²) in [5, 5.41) is 0. The molecular formula is C19H19N3O3. The molecular weight excluding hydrogens is 318 g/mol. The standard InChI is InChI=1S/C19H19N3O3/c23-17-11-21(16-8-4-5-9-20-16)19(24)18(15-12-25-13-15)22(17)10-14-6-2-1-3-7-14/h1-9,15,18H,10-13H2/t18-/m0/s1. The van der Waals surface area contributed by atoms with Crippen LogP contribution in [0.15, 0.2) is 54.7 Å². The molecule has 1 aromatic carbocycles. The van der Waals surface area contributed by atoms with Gasteiger partial charge in [0.05, 0.1) is 13.2 Å². The summed E-state index contributed by atoms with van der Waals surface area (Å²) in [6.45, 7) is 1.46. The molecule has 6 nitrogen and oxygen atoms in total. The van der Waals surface area contributed by atoms with Crippen LogP contribution in [0.5, 0.6) is 0 Å². The molecule has 25 heavy (non-hydrogen) atoms. The van der Waals surface area contributed by atoms with E-state index in [4.69, 9.17) is 4.74 Å². The zero-order chi connectivity index (χ0) is 17.2. The molecule has 2 aliphatic rings. The molecule has 2 amide bonds. The normalized spacial score (nSPS) is 21.4. The lowest BCUT2D eigenvalue weighted by Crippen LogP contribution is -2.65. The van der Waals surface area contributed by atoms with E-state index >= 15 is 0 Å². The molecule has 0 N–H and O–H groups in total. The van der Waals surface area contributed by atoms with Gasteiger partial charge in [0, 0.05) is 18.7 Å². The molecule has 128 valence electrons. The summed E-state index contributed by atoms with van der Waals surface area (Å²) in [7, 11) is 0.